The number of hydrogen-bond acceptors (Lipinski definition) is 9. The molecule has 0 aromatic heterocycles. The van der Waals surface area contributed by atoms with E-state index in [1.807, 2.05) is 0 Å². The van der Waals surface area contributed by atoms with E-state index in [0.29, 0.717) is 0 Å². The lowest BCUT2D eigenvalue weighted by Crippen LogP contribution is -2.57. The first-order valence-corrected chi connectivity index (χ1v) is 6.96. The van der Waals surface area contributed by atoms with Gasteiger partial charge in [0.25, 0.3) is 5.09 Å². The Morgan fingerprint density at radius 2 is 2.25 bits per heavy atom. The van der Waals surface area contributed by atoms with E-state index in [-0.39, 0.29) is 19.6 Å². The minimum absolute atomic E-state index is 0.0112. The first-order chi connectivity index (χ1) is 9.17. The zero-order valence-corrected chi connectivity index (χ0v) is 12.5. The van der Waals surface area contributed by atoms with Gasteiger partial charge >= 0.3 is 0 Å². The highest BCUT2D eigenvalue weighted by Crippen LogP contribution is 2.47. The van der Waals surface area contributed by atoms with Crippen molar-refractivity contribution in [1.29, 1.82) is 0 Å². The summed E-state index contributed by atoms with van der Waals surface area (Å²) in [4.78, 5) is 14.7. The molecule has 10 heteroatoms. The van der Waals surface area contributed by atoms with Crippen LogP contribution in [0.3, 0.4) is 0 Å². The highest BCUT2D eigenvalue weighted by molar-refractivity contribution is 8.00. The molecule has 2 aliphatic rings. The number of rotatable bonds is 5. The van der Waals surface area contributed by atoms with Crippen LogP contribution in [0.2, 0.25) is 0 Å². The van der Waals surface area contributed by atoms with Gasteiger partial charge in [0.15, 0.2) is 0 Å². The summed E-state index contributed by atoms with van der Waals surface area (Å²) in [6.45, 7) is 1.40. The molecule has 0 aromatic carbocycles. The Kier molecular flexibility index (Phi) is 4.43. The molecular formula is C10H17NO7S2. The summed E-state index contributed by atoms with van der Waals surface area (Å²) in [6.07, 6.45) is -3.07. The van der Waals surface area contributed by atoms with Crippen molar-refractivity contribution in [2.24, 2.45) is 0 Å². The first kappa shape index (κ1) is 16.1. The summed E-state index contributed by atoms with van der Waals surface area (Å²) in [7, 11) is 0. The van der Waals surface area contributed by atoms with Gasteiger partial charge in [0, 0.05) is 0 Å². The number of hydrogen-bond donors (Lipinski definition) is 4. The van der Waals surface area contributed by atoms with E-state index in [9.17, 15) is 20.3 Å². The van der Waals surface area contributed by atoms with Crippen LogP contribution in [0.4, 0.5) is 0 Å². The summed E-state index contributed by atoms with van der Waals surface area (Å²) in [5.41, 5.74) is -1.59. The van der Waals surface area contributed by atoms with Gasteiger partial charge in [-0.2, -0.15) is 25.3 Å². The first-order valence-electron chi connectivity index (χ1n) is 6.07. The molecule has 8 nitrogen and oxygen atoms in total. The third-order valence-corrected chi connectivity index (χ3v) is 4.76. The van der Waals surface area contributed by atoms with E-state index < -0.39 is 39.2 Å². The lowest BCUT2D eigenvalue weighted by Gasteiger charge is -2.41. The van der Waals surface area contributed by atoms with Gasteiger partial charge in [-0.3, -0.25) is 0 Å². The van der Waals surface area contributed by atoms with Crippen molar-refractivity contribution in [2.45, 2.75) is 47.4 Å². The van der Waals surface area contributed by atoms with Gasteiger partial charge in [-0.15, -0.1) is 10.1 Å². The molecule has 20 heavy (non-hydrogen) atoms. The molecular weight excluding hydrogens is 310 g/mol. The van der Waals surface area contributed by atoms with Crippen molar-refractivity contribution in [1.82, 2.24) is 0 Å². The molecule has 2 fully saturated rings. The van der Waals surface area contributed by atoms with Crippen LogP contribution < -0.4 is 0 Å². The second-order valence-electron chi connectivity index (χ2n) is 5.18. The molecule has 2 N–H and O–H groups in total. The highest BCUT2D eigenvalue weighted by Gasteiger charge is 2.63. The topological polar surface area (TPSA) is 111 Å². The molecule has 2 heterocycles. The zero-order chi connectivity index (χ0) is 15.1. The highest BCUT2D eigenvalue weighted by atomic mass is 32.2. The van der Waals surface area contributed by atoms with E-state index in [0.717, 1.165) is 0 Å². The molecule has 116 valence electrons. The van der Waals surface area contributed by atoms with Crippen LogP contribution in [-0.4, -0.2) is 62.6 Å². The summed E-state index contributed by atoms with van der Waals surface area (Å²) < 4.78 is 9.37. The maximum atomic E-state index is 10.8. The van der Waals surface area contributed by atoms with Gasteiger partial charge in [0.1, 0.15) is 30.0 Å². The minimum Gasteiger partial charge on any atom is -0.388 e. The van der Waals surface area contributed by atoms with Crippen molar-refractivity contribution in [3.63, 3.8) is 0 Å². The maximum absolute atomic E-state index is 10.8. The second kappa shape index (κ2) is 5.50. The average Bonchev–Trinajstić information content (AvgIpc) is 2.81. The molecule has 5 atom stereocenters. The Balaban J connectivity index is 2.10. The van der Waals surface area contributed by atoms with Crippen molar-refractivity contribution in [3.05, 3.63) is 10.1 Å². The largest absolute Gasteiger partial charge is 0.388 e. The van der Waals surface area contributed by atoms with Gasteiger partial charge in [-0.05, 0) is 13.3 Å². The quantitative estimate of drug-likeness (QED) is 0.231. The molecule has 0 aliphatic carbocycles. The van der Waals surface area contributed by atoms with E-state index in [1.165, 1.54) is 6.92 Å². The number of ether oxygens (including phenoxy) is 2. The lowest BCUT2D eigenvalue weighted by molar-refractivity contribution is -0.767. The van der Waals surface area contributed by atoms with Crippen LogP contribution in [-0.2, 0) is 14.3 Å². The van der Waals surface area contributed by atoms with E-state index in [1.54, 1.807) is 0 Å². The minimum atomic E-state index is -1.59. The van der Waals surface area contributed by atoms with E-state index in [4.69, 9.17) is 9.47 Å². The normalized spacial score (nSPS) is 38.5. The zero-order valence-electron chi connectivity index (χ0n) is 10.7. The molecule has 2 aliphatic heterocycles. The van der Waals surface area contributed by atoms with Gasteiger partial charge in [-0.1, -0.05) is 0 Å². The summed E-state index contributed by atoms with van der Waals surface area (Å²) >= 11 is 8.62. The van der Waals surface area contributed by atoms with E-state index in [2.05, 4.69) is 30.1 Å². The third kappa shape index (κ3) is 2.72. The predicted molar refractivity (Wildman–Crippen MR) is 73.3 cm³/mol. The van der Waals surface area contributed by atoms with Crippen LogP contribution in [0.25, 0.3) is 0 Å². The fraction of sp³-hybridized carbons (Fsp3) is 1.00. The molecule has 0 amide bonds. The molecule has 0 aromatic rings. The Morgan fingerprint density at radius 3 is 2.85 bits per heavy atom. The molecule has 0 bridgehead atoms. The number of thiol groups is 2. The van der Waals surface area contributed by atoms with Gasteiger partial charge < -0.3 is 24.5 Å². The maximum Gasteiger partial charge on any atom is 0.294 e. The standard InChI is InChI=1S/C10H17NO7S2/c1-5(18-11(14)15)2-10(19,20)9(13)4-17-7-6(12)3-16-8(7)9/h5-8,12-13,19-20H,2-4H2,1H3/t5?,6-,7+,8-,9-/m0/s1. The summed E-state index contributed by atoms with van der Waals surface area (Å²) in [5, 5.41) is 29.8. The molecule has 0 saturated carbocycles. The summed E-state index contributed by atoms with van der Waals surface area (Å²) in [5.74, 6) is 0. The number of aliphatic hydroxyl groups is 2. The van der Waals surface area contributed by atoms with Crippen molar-refractivity contribution in [2.75, 3.05) is 13.2 Å². The Morgan fingerprint density at radius 1 is 1.60 bits per heavy atom. The molecule has 0 spiro atoms. The van der Waals surface area contributed by atoms with Crippen molar-refractivity contribution >= 4 is 25.3 Å². The number of aliphatic hydroxyl groups excluding tert-OH is 1. The third-order valence-electron chi connectivity index (χ3n) is 3.62. The molecule has 2 saturated heterocycles. The van der Waals surface area contributed by atoms with Gasteiger partial charge in [0.2, 0.25) is 0 Å². The smallest absolute Gasteiger partial charge is 0.294 e. The predicted octanol–water partition coefficient (Wildman–Crippen LogP) is -0.581. The van der Waals surface area contributed by atoms with Crippen LogP contribution in [0.15, 0.2) is 0 Å². The number of fused-ring (bicyclic) bond motifs is 1. The van der Waals surface area contributed by atoms with Crippen LogP contribution in [0.1, 0.15) is 13.3 Å². The van der Waals surface area contributed by atoms with Crippen LogP contribution in [0.5, 0.6) is 0 Å². The lowest BCUT2D eigenvalue weighted by atomic mass is 9.88. The molecule has 2 rings (SSSR count). The number of nitrogens with zero attached hydrogens (tertiary/aromatic N) is 1. The fourth-order valence-electron chi connectivity index (χ4n) is 2.61. The van der Waals surface area contributed by atoms with Crippen molar-refractivity contribution in [3.8, 4) is 0 Å². The fourth-order valence-corrected chi connectivity index (χ4v) is 3.51. The van der Waals surface area contributed by atoms with Crippen LogP contribution >= 0.6 is 25.3 Å². The Labute approximate surface area is 126 Å². The van der Waals surface area contributed by atoms with Gasteiger partial charge in [0.05, 0.1) is 17.3 Å². The molecule has 0 radical (unpaired) electrons. The Hall–Kier alpha value is -0.260. The molecule has 1 unspecified atom stereocenters. The SMILES string of the molecule is CC(CC(S)(S)[C@]1(O)CO[C@@H]2[C@@H](O)CO[C@@H]21)O[N+](=O)[O-]. The van der Waals surface area contributed by atoms with Gasteiger partial charge in [-0.25, -0.2) is 0 Å². The monoisotopic (exact) mass is 327 g/mol. The van der Waals surface area contributed by atoms with E-state index >= 15 is 0 Å². The summed E-state index contributed by atoms with van der Waals surface area (Å²) in [6, 6.07) is 0. The van der Waals surface area contributed by atoms with Crippen LogP contribution in [0, 0.1) is 10.1 Å². The van der Waals surface area contributed by atoms with Crippen molar-refractivity contribution < 1.29 is 29.6 Å². The average molecular weight is 327 g/mol. The Bertz CT molecular complexity index is 396. The second-order valence-corrected chi connectivity index (χ2v) is 7.06.